The monoisotopic (exact) mass is 265 g/mol. The van der Waals surface area contributed by atoms with Gasteiger partial charge in [0, 0.05) is 12.6 Å². The summed E-state index contributed by atoms with van der Waals surface area (Å²) in [4.78, 5) is 12.8. The normalized spacial score (nSPS) is 22.9. The van der Waals surface area contributed by atoms with Crippen molar-refractivity contribution in [2.75, 3.05) is 24.3 Å². The molecule has 0 amide bonds. The number of nitrogens with zero attached hydrogens (tertiary/aromatic N) is 3. The van der Waals surface area contributed by atoms with Crippen molar-refractivity contribution in [3.8, 4) is 6.01 Å². The van der Waals surface area contributed by atoms with Crippen LogP contribution in [0.1, 0.15) is 39.5 Å². The van der Waals surface area contributed by atoms with E-state index in [-0.39, 0.29) is 0 Å². The van der Waals surface area contributed by atoms with Crippen LogP contribution in [0.4, 0.5) is 11.9 Å². The van der Waals surface area contributed by atoms with Crippen LogP contribution >= 0.6 is 0 Å². The molecule has 0 bridgehead atoms. The molecule has 1 aromatic heterocycles. The van der Waals surface area contributed by atoms with Gasteiger partial charge in [0.25, 0.3) is 0 Å². The minimum atomic E-state index is 0.344. The molecule has 0 radical (unpaired) electrons. The third-order valence-corrected chi connectivity index (χ3v) is 3.56. The Morgan fingerprint density at radius 3 is 2.58 bits per heavy atom. The lowest BCUT2D eigenvalue weighted by atomic mass is 9.86. The summed E-state index contributed by atoms with van der Waals surface area (Å²) in [6, 6.07) is 0.784. The minimum Gasteiger partial charge on any atom is -0.467 e. The zero-order valence-corrected chi connectivity index (χ0v) is 11.9. The molecule has 0 aromatic carbocycles. The molecule has 1 saturated carbocycles. The molecule has 2 rings (SSSR count). The van der Waals surface area contributed by atoms with Crippen LogP contribution < -0.4 is 15.4 Å². The minimum absolute atomic E-state index is 0.344. The van der Waals surface area contributed by atoms with E-state index in [1.807, 2.05) is 6.92 Å². The Kier molecular flexibility index (Phi) is 4.76. The van der Waals surface area contributed by atoms with E-state index in [1.54, 1.807) is 7.11 Å². The van der Waals surface area contributed by atoms with Crippen molar-refractivity contribution in [1.82, 2.24) is 15.0 Å². The molecule has 0 spiro atoms. The summed E-state index contributed by atoms with van der Waals surface area (Å²) < 4.78 is 5.12. The lowest BCUT2D eigenvalue weighted by Gasteiger charge is -2.29. The first kappa shape index (κ1) is 13.8. The zero-order chi connectivity index (χ0) is 13.7. The molecular weight excluding hydrogens is 242 g/mol. The van der Waals surface area contributed by atoms with Gasteiger partial charge in [-0.2, -0.15) is 15.0 Å². The van der Waals surface area contributed by atoms with Gasteiger partial charge in [-0.25, -0.2) is 0 Å². The first-order valence-corrected chi connectivity index (χ1v) is 7.03. The largest absolute Gasteiger partial charge is 0.467 e. The van der Waals surface area contributed by atoms with Gasteiger partial charge in [0.05, 0.1) is 7.11 Å². The summed E-state index contributed by atoms with van der Waals surface area (Å²) in [6.07, 6.45) is 5.03. The molecule has 1 fully saturated rings. The van der Waals surface area contributed by atoms with Crippen molar-refractivity contribution in [1.29, 1.82) is 0 Å². The van der Waals surface area contributed by atoms with Crippen LogP contribution in [-0.2, 0) is 0 Å². The number of hydrogen-bond donors (Lipinski definition) is 2. The molecule has 106 valence electrons. The Morgan fingerprint density at radius 1 is 1.16 bits per heavy atom. The summed E-state index contributed by atoms with van der Waals surface area (Å²) in [5, 5.41) is 6.51. The molecule has 6 heteroatoms. The van der Waals surface area contributed by atoms with E-state index in [2.05, 4.69) is 32.5 Å². The Morgan fingerprint density at radius 2 is 1.89 bits per heavy atom. The van der Waals surface area contributed by atoms with E-state index in [9.17, 15) is 0 Å². The molecule has 1 aliphatic rings. The Bertz CT molecular complexity index is 412. The maximum absolute atomic E-state index is 5.12. The molecule has 0 aliphatic heterocycles. The number of anilines is 2. The zero-order valence-electron chi connectivity index (χ0n) is 11.9. The number of ether oxygens (including phenoxy) is 1. The number of rotatable bonds is 5. The SMILES string of the molecule is CCNc1nc(NC2CCCCC2C)nc(OC)n1. The van der Waals surface area contributed by atoms with E-state index < -0.39 is 0 Å². The summed E-state index contributed by atoms with van der Waals surface area (Å²) in [6.45, 7) is 5.06. The average molecular weight is 265 g/mol. The lowest BCUT2D eigenvalue weighted by Crippen LogP contribution is -2.31. The van der Waals surface area contributed by atoms with Crippen LogP contribution in [0, 0.1) is 5.92 Å². The second-order valence-electron chi connectivity index (χ2n) is 5.01. The number of hydrogen-bond acceptors (Lipinski definition) is 6. The highest BCUT2D eigenvalue weighted by Crippen LogP contribution is 2.26. The van der Waals surface area contributed by atoms with E-state index >= 15 is 0 Å². The summed E-state index contributed by atoms with van der Waals surface area (Å²) in [5.41, 5.74) is 0. The maximum Gasteiger partial charge on any atom is 0.322 e. The molecule has 1 aliphatic carbocycles. The van der Waals surface area contributed by atoms with E-state index in [4.69, 9.17) is 4.74 Å². The topological polar surface area (TPSA) is 72.0 Å². The third kappa shape index (κ3) is 3.68. The van der Waals surface area contributed by atoms with Gasteiger partial charge in [0.1, 0.15) is 0 Å². The Hall–Kier alpha value is -1.59. The first-order chi connectivity index (χ1) is 9.22. The van der Waals surface area contributed by atoms with Crippen LogP contribution in [0.2, 0.25) is 0 Å². The molecule has 19 heavy (non-hydrogen) atoms. The Balaban J connectivity index is 2.11. The Labute approximate surface area is 114 Å². The number of aromatic nitrogens is 3. The highest BCUT2D eigenvalue weighted by atomic mass is 16.5. The molecule has 2 unspecified atom stereocenters. The van der Waals surface area contributed by atoms with Gasteiger partial charge in [-0.05, 0) is 25.7 Å². The van der Waals surface area contributed by atoms with Gasteiger partial charge < -0.3 is 15.4 Å². The fourth-order valence-corrected chi connectivity index (χ4v) is 2.45. The third-order valence-electron chi connectivity index (χ3n) is 3.56. The van der Waals surface area contributed by atoms with Gasteiger partial charge in [-0.15, -0.1) is 0 Å². The summed E-state index contributed by atoms with van der Waals surface area (Å²) in [5.74, 6) is 1.81. The summed E-state index contributed by atoms with van der Waals surface area (Å²) in [7, 11) is 1.57. The van der Waals surface area contributed by atoms with Crippen LogP contribution in [-0.4, -0.2) is 34.6 Å². The molecule has 0 saturated heterocycles. The predicted molar refractivity (Wildman–Crippen MR) is 75.6 cm³/mol. The second-order valence-corrected chi connectivity index (χ2v) is 5.01. The van der Waals surface area contributed by atoms with Crippen LogP contribution in [0.5, 0.6) is 6.01 Å². The van der Waals surface area contributed by atoms with Gasteiger partial charge in [0.2, 0.25) is 11.9 Å². The molecular formula is C13H23N5O. The number of nitrogens with one attached hydrogen (secondary N) is 2. The maximum atomic E-state index is 5.12. The van der Waals surface area contributed by atoms with Crippen molar-refractivity contribution in [2.24, 2.45) is 5.92 Å². The fourth-order valence-electron chi connectivity index (χ4n) is 2.45. The molecule has 6 nitrogen and oxygen atoms in total. The van der Waals surface area contributed by atoms with E-state index in [1.165, 1.54) is 25.7 Å². The smallest absolute Gasteiger partial charge is 0.322 e. The van der Waals surface area contributed by atoms with Crippen molar-refractivity contribution in [3.63, 3.8) is 0 Å². The first-order valence-electron chi connectivity index (χ1n) is 7.03. The van der Waals surface area contributed by atoms with Gasteiger partial charge >= 0.3 is 6.01 Å². The second kappa shape index (κ2) is 6.54. The lowest BCUT2D eigenvalue weighted by molar-refractivity contribution is 0.346. The van der Waals surface area contributed by atoms with Crippen molar-refractivity contribution in [2.45, 2.75) is 45.6 Å². The molecule has 1 aromatic rings. The highest BCUT2D eigenvalue weighted by Gasteiger charge is 2.22. The standard InChI is InChI=1S/C13H23N5O/c1-4-14-11-16-12(18-13(17-11)19-3)15-10-8-6-5-7-9(10)2/h9-10H,4-8H2,1-3H3,(H2,14,15,16,17,18). The average Bonchev–Trinajstić information content (AvgIpc) is 2.41. The van der Waals surface area contributed by atoms with Gasteiger partial charge in [0.15, 0.2) is 0 Å². The molecule has 2 N–H and O–H groups in total. The van der Waals surface area contributed by atoms with Crippen LogP contribution in [0.3, 0.4) is 0 Å². The van der Waals surface area contributed by atoms with Gasteiger partial charge in [-0.3, -0.25) is 0 Å². The van der Waals surface area contributed by atoms with Crippen molar-refractivity contribution >= 4 is 11.9 Å². The van der Waals surface area contributed by atoms with E-state index in [0.29, 0.717) is 29.9 Å². The van der Waals surface area contributed by atoms with E-state index in [0.717, 1.165) is 6.54 Å². The predicted octanol–water partition coefficient (Wildman–Crippen LogP) is 2.30. The summed E-state index contributed by atoms with van der Waals surface area (Å²) >= 11 is 0. The highest BCUT2D eigenvalue weighted by molar-refractivity contribution is 5.36. The fraction of sp³-hybridized carbons (Fsp3) is 0.769. The molecule has 2 atom stereocenters. The van der Waals surface area contributed by atoms with Crippen LogP contribution in [0.25, 0.3) is 0 Å². The van der Waals surface area contributed by atoms with Gasteiger partial charge in [-0.1, -0.05) is 19.8 Å². The molecule has 1 heterocycles. The van der Waals surface area contributed by atoms with Crippen molar-refractivity contribution in [3.05, 3.63) is 0 Å². The van der Waals surface area contributed by atoms with Crippen molar-refractivity contribution < 1.29 is 4.74 Å². The number of methoxy groups -OCH3 is 1. The van der Waals surface area contributed by atoms with Crippen LogP contribution in [0.15, 0.2) is 0 Å². The quantitative estimate of drug-likeness (QED) is 0.851.